The van der Waals surface area contributed by atoms with Gasteiger partial charge in [-0.05, 0) is 74.1 Å². The first-order valence-corrected chi connectivity index (χ1v) is 13.0. The molecule has 1 heterocycles. The largest absolute Gasteiger partial charge is 0.497 e. The minimum atomic E-state index is -0.448. The van der Waals surface area contributed by atoms with Gasteiger partial charge in [0.05, 0.1) is 30.2 Å². The van der Waals surface area contributed by atoms with Crippen molar-refractivity contribution in [1.29, 1.82) is 0 Å². The van der Waals surface area contributed by atoms with Crippen molar-refractivity contribution in [3.63, 3.8) is 0 Å². The molecule has 0 bridgehead atoms. The summed E-state index contributed by atoms with van der Waals surface area (Å²) in [5.74, 6) is 2.90. The first-order chi connectivity index (χ1) is 18.1. The van der Waals surface area contributed by atoms with Crippen LogP contribution in [-0.2, 0) is 13.0 Å². The van der Waals surface area contributed by atoms with Crippen molar-refractivity contribution in [2.75, 3.05) is 20.2 Å². The third kappa shape index (κ3) is 6.59. The number of ether oxygens (including phenoxy) is 2. The monoisotopic (exact) mass is 497 g/mol. The van der Waals surface area contributed by atoms with Crippen LogP contribution < -0.4 is 9.47 Å². The maximum absolute atomic E-state index is 11.0. The van der Waals surface area contributed by atoms with E-state index in [4.69, 9.17) is 14.6 Å². The van der Waals surface area contributed by atoms with Crippen LogP contribution in [0.15, 0.2) is 84.9 Å². The molecule has 1 fully saturated rings. The van der Waals surface area contributed by atoms with E-state index in [0.29, 0.717) is 31.3 Å². The van der Waals surface area contributed by atoms with E-state index in [-0.39, 0.29) is 0 Å². The Morgan fingerprint density at radius 3 is 2.24 bits per heavy atom. The highest BCUT2D eigenvalue weighted by molar-refractivity contribution is 5.44. The van der Waals surface area contributed by atoms with Gasteiger partial charge < -0.3 is 14.6 Å². The Morgan fingerprint density at radius 1 is 0.946 bits per heavy atom. The second kappa shape index (κ2) is 11.6. The highest BCUT2D eigenvalue weighted by Crippen LogP contribution is 2.34. The number of aromatic nitrogens is 2. The van der Waals surface area contributed by atoms with Crippen molar-refractivity contribution in [2.45, 2.75) is 38.8 Å². The van der Waals surface area contributed by atoms with E-state index in [0.717, 1.165) is 40.6 Å². The minimum Gasteiger partial charge on any atom is -0.497 e. The van der Waals surface area contributed by atoms with Crippen LogP contribution in [0.3, 0.4) is 0 Å². The number of nitrogens with zero attached hydrogens (tertiary/aromatic N) is 3. The lowest BCUT2D eigenvalue weighted by molar-refractivity contribution is 0.105. The van der Waals surface area contributed by atoms with Crippen LogP contribution in [0.2, 0.25) is 0 Å². The van der Waals surface area contributed by atoms with Crippen molar-refractivity contribution >= 4 is 0 Å². The topological polar surface area (TPSA) is 59.8 Å². The minimum absolute atomic E-state index is 0.448. The van der Waals surface area contributed by atoms with Crippen LogP contribution in [0.1, 0.15) is 29.7 Å². The molecular formula is C31H35N3O3. The molecule has 192 valence electrons. The smallest absolute Gasteiger partial charge is 0.227 e. The molecule has 0 unspecified atom stereocenters. The Morgan fingerprint density at radius 2 is 1.59 bits per heavy atom. The van der Waals surface area contributed by atoms with Crippen LogP contribution in [-0.4, -0.2) is 46.1 Å². The second-order valence-electron chi connectivity index (χ2n) is 9.88. The summed E-state index contributed by atoms with van der Waals surface area (Å²) in [4.78, 5) is 2.37. The lowest BCUT2D eigenvalue weighted by atomic mass is 10.1. The zero-order chi connectivity index (χ0) is 25.6. The highest BCUT2D eigenvalue weighted by atomic mass is 16.5. The molecule has 0 amide bonds. The fourth-order valence-electron chi connectivity index (χ4n) is 4.67. The molecule has 0 saturated heterocycles. The number of benzene rings is 3. The van der Waals surface area contributed by atoms with Gasteiger partial charge in [0.15, 0.2) is 0 Å². The molecule has 1 aliphatic rings. The average Bonchev–Trinajstić information content (AvgIpc) is 3.69. The molecule has 5 rings (SSSR count). The number of rotatable bonds is 12. The van der Waals surface area contributed by atoms with E-state index < -0.39 is 6.10 Å². The van der Waals surface area contributed by atoms with Crippen LogP contribution in [0.4, 0.5) is 0 Å². The molecule has 0 spiro atoms. The summed E-state index contributed by atoms with van der Waals surface area (Å²) >= 11 is 0. The summed E-state index contributed by atoms with van der Waals surface area (Å²) in [6, 6.07) is 27.9. The van der Waals surface area contributed by atoms with E-state index >= 15 is 0 Å². The molecule has 1 saturated carbocycles. The molecule has 1 aliphatic carbocycles. The van der Waals surface area contributed by atoms with Crippen molar-refractivity contribution in [3.05, 3.63) is 102 Å². The predicted molar refractivity (Wildman–Crippen MR) is 146 cm³/mol. The number of aliphatic hydroxyl groups is 1. The number of para-hydroxylation sites is 1. The Labute approximate surface area is 219 Å². The first-order valence-electron chi connectivity index (χ1n) is 13.0. The van der Waals surface area contributed by atoms with Gasteiger partial charge in [-0.2, -0.15) is 5.10 Å². The van der Waals surface area contributed by atoms with Gasteiger partial charge in [0.25, 0.3) is 0 Å². The van der Waals surface area contributed by atoms with Crippen LogP contribution >= 0.6 is 0 Å². The molecular weight excluding hydrogens is 462 g/mol. The standard InChI is InChI=1S/C31H35N3O3/c1-23-30(22-33(20-25-13-14-25)21-27(35)19-24-9-5-3-6-10-24)31(34(32-23)26-11-7-4-8-12-26)37-29-17-15-28(36-2)16-18-29/h3-12,15-18,25,27,35H,13-14,19-22H2,1-2H3/t27-/m0/s1. The summed E-state index contributed by atoms with van der Waals surface area (Å²) < 4.78 is 13.7. The van der Waals surface area contributed by atoms with Gasteiger partial charge in [0, 0.05) is 19.6 Å². The van der Waals surface area contributed by atoms with Gasteiger partial charge in [-0.1, -0.05) is 48.5 Å². The van der Waals surface area contributed by atoms with Gasteiger partial charge in [0.2, 0.25) is 5.88 Å². The Kier molecular flexibility index (Phi) is 7.87. The lowest BCUT2D eigenvalue weighted by Crippen LogP contribution is -2.35. The van der Waals surface area contributed by atoms with Crippen LogP contribution in [0.5, 0.6) is 17.4 Å². The Bertz CT molecular complexity index is 1270. The lowest BCUT2D eigenvalue weighted by Gasteiger charge is -2.25. The summed E-state index contributed by atoms with van der Waals surface area (Å²) in [6.45, 7) is 4.25. The molecule has 0 radical (unpaired) electrons. The number of hydrogen-bond donors (Lipinski definition) is 1. The van der Waals surface area contributed by atoms with E-state index in [2.05, 4.69) is 17.0 Å². The average molecular weight is 498 g/mol. The molecule has 1 N–H and O–H groups in total. The quantitative estimate of drug-likeness (QED) is 0.268. The summed E-state index contributed by atoms with van der Waals surface area (Å²) in [5.41, 5.74) is 4.05. The third-order valence-corrected chi connectivity index (χ3v) is 6.79. The molecule has 1 aromatic heterocycles. The normalized spacial score (nSPS) is 14.1. The van der Waals surface area contributed by atoms with Gasteiger partial charge in [-0.25, -0.2) is 4.68 Å². The predicted octanol–water partition coefficient (Wildman–Crippen LogP) is 5.80. The fraction of sp³-hybridized carbons (Fsp3) is 0.323. The number of aryl methyl sites for hydroxylation is 1. The van der Waals surface area contributed by atoms with Gasteiger partial charge in [0.1, 0.15) is 11.5 Å². The first kappa shape index (κ1) is 25.1. The number of hydrogen-bond acceptors (Lipinski definition) is 5. The fourth-order valence-corrected chi connectivity index (χ4v) is 4.67. The molecule has 0 aliphatic heterocycles. The summed E-state index contributed by atoms with van der Waals surface area (Å²) in [5, 5.41) is 15.9. The maximum Gasteiger partial charge on any atom is 0.227 e. The van der Waals surface area contributed by atoms with Gasteiger partial charge in [-0.3, -0.25) is 4.90 Å². The molecule has 6 nitrogen and oxygen atoms in total. The summed E-state index contributed by atoms with van der Waals surface area (Å²) in [6.07, 6.45) is 2.70. The molecule has 37 heavy (non-hydrogen) atoms. The van der Waals surface area contributed by atoms with Crippen molar-refractivity contribution in [1.82, 2.24) is 14.7 Å². The number of aliphatic hydroxyl groups excluding tert-OH is 1. The number of methoxy groups -OCH3 is 1. The van der Waals surface area contributed by atoms with Gasteiger partial charge >= 0.3 is 0 Å². The van der Waals surface area contributed by atoms with Crippen LogP contribution in [0.25, 0.3) is 5.69 Å². The van der Waals surface area contributed by atoms with Crippen LogP contribution in [0, 0.1) is 12.8 Å². The van der Waals surface area contributed by atoms with E-state index in [1.807, 2.05) is 84.4 Å². The van der Waals surface area contributed by atoms with E-state index in [1.54, 1.807) is 7.11 Å². The molecule has 4 aromatic rings. The van der Waals surface area contributed by atoms with Crippen molar-refractivity contribution in [3.8, 4) is 23.1 Å². The Balaban J connectivity index is 1.43. The zero-order valence-electron chi connectivity index (χ0n) is 21.6. The molecule has 1 atom stereocenters. The van der Waals surface area contributed by atoms with Crippen molar-refractivity contribution in [2.24, 2.45) is 5.92 Å². The highest BCUT2D eigenvalue weighted by Gasteiger charge is 2.28. The van der Waals surface area contributed by atoms with Crippen molar-refractivity contribution < 1.29 is 14.6 Å². The molecule has 3 aromatic carbocycles. The van der Waals surface area contributed by atoms with E-state index in [9.17, 15) is 5.11 Å². The summed E-state index contributed by atoms with van der Waals surface area (Å²) in [7, 11) is 1.66. The molecule has 6 heteroatoms. The van der Waals surface area contributed by atoms with E-state index in [1.165, 1.54) is 12.8 Å². The van der Waals surface area contributed by atoms with Gasteiger partial charge in [-0.15, -0.1) is 0 Å². The second-order valence-corrected chi connectivity index (χ2v) is 9.88. The SMILES string of the molecule is COc1ccc(Oc2c(CN(CC3CC3)C[C@@H](O)Cc3ccccc3)c(C)nn2-c2ccccc2)cc1. The third-order valence-electron chi connectivity index (χ3n) is 6.79. The Hall–Kier alpha value is -3.61. The maximum atomic E-state index is 11.0. The zero-order valence-corrected chi connectivity index (χ0v) is 21.6.